The van der Waals surface area contributed by atoms with Gasteiger partial charge in [-0.1, -0.05) is 19.1 Å². The Morgan fingerprint density at radius 2 is 1.77 bits per heavy atom. The van der Waals surface area contributed by atoms with Crippen LogP contribution in [-0.4, -0.2) is 43.6 Å². The molecule has 0 spiro atoms. The SMILES string of the molecule is CCCn1c(=O)n(CCC(=O)N2CCC(C(=O)O)C2C)c2ccccc21. The first-order chi connectivity index (χ1) is 12.5. The van der Waals surface area contributed by atoms with Crippen LogP contribution in [0.2, 0.25) is 0 Å². The number of aromatic nitrogens is 2. The number of hydrogen-bond donors (Lipinski definition) is 1. The summed E-state index contributed by atoms with van der Waals surface area (Å²) >= 11 is 0. The number of imidazole rings is 1. The first-order valence-corrected chi connectivity index (χ1v) is 9.16. The summed E-state index contributed by atoms with van der Waals surface area (Å²) in [6.45, 7) is 5.21. The van der Waals surface area contributed by atoms with Crippen LogP contribution in [0.5, 0.6) is 0 Å². The van der Waals surface area contributed by atoms with Gasteiger partial charge in [-0.15, -0.1) is 0 Å². The first-order valence-electron chi connectivity index (χ1n) is 9.16. The lowest BCUT2D eigenvalue weighted by Crippen LogP contribution is -2.38. The van der Waals surface area contributed by atoms with E-state index in [1.54, 1.807) is 21.0 Å². The van der Waals surface area contributed by atoms with E-state index >= 15 is 0 Å². The number of hydrogen-bond acceptors (Lipinski definition) is 3. The fraction of sp³-hybridized carbons (Fsp3) is 0.526. The van der Waals surface area contributed by atoms with Gasteiger partial charge in [0.2, 0.25) is 5.91 Å². The molecule has 1 N–H and O–H groups in total. The van der Waals surface area contributed by atoms with Crippen LogP contribution in [0, 0.1) is 5.92 Å². The Morgan fingerprint density at radius 1 is 1.15 bits per heavy atom. The normalized spacial score (nSPS) is 20.0. The zero-order chi connectivity index (χ0) is 18.8. The molecule has 140 valence electrons. The van der Waals surface area contributed by atoms with E-state index in [9.17, 15) is 19.5 Å². The van der Waals surface area contributed by atoms with Gasteiger partial charge in [-0.25, -0.2) is 4.79 Å². The largest absolute Gasteiger partial charge is 0.481 e. The number of carbonyl (C=O) groups is 2. The highest BCUT2D eigenvalue weighted by Gasteiger charge is 2.37. The Kier molecular flexibility index (Phi) is 5.15. The van der Waals surface area contributed by atoms with E-state index in [4.69, 9.17) is 0 Å². The van der Waals surface area contributed by atoms with Crippen molar-refractivity contribution in [2.75, 3.05) is 6.54 Å². The summed E-state index contributed by atoms with van der Waals surface area (Å²) in [6.07, 6.45) is 1.53. The van der Waals surface area contributed by atoms with Crippen LogP contribution in [0.1, 0.15) is 33.1 Å². The van der Waals surface area contributed by atoms with Crippen molar-refractivity contribution in [2.24, 2.45) is 5.92 Å². The third-order valence-electron chi connectivity index (χ3n) is 5.31. The van der Waals surface area contributed by atoms with E-state index in [2.05, 4.69) is 0 Å². The van der Waals surface area contributed by atoms with Crippen molar-refractivity contribution < 1.29 is 14.7 Å². The molecular formula is C19H25N3O4. The molecule has 1 aromatic carbocycles. The number of rotatable bonds is 6. The average molecular weight is 359 g/mol. The standard InChI is InChI=1S/C19H25N3O4/c1-3-10-21-15-6-4-5-7-16(15)22(19(21)26)12-9-17(23)20-11-8-14(13(20)2)18(24)25/h4-7,13-14H,3,8-12H2,1-2H3,(H,24,25). The molecule has 3 rings (SSSR count). The minimum atomic E-state index is -0.855. The number of fused-ring (bicyclic) bond motifs is 1. The lowest BCUT2D eigenvalue weighted by atomic mass is 10.0. The topological polar surface area (TPSA) is 84.5 Å². The number of amides is 1. The molecule has 1 aliphatic heterocycles. The summed E-state index contributed by atoms with van der Waals surface area (Å²) in [5.41, 5.74) is 1.61. The van der Waals surface area contributed by atoms with Crippen LogP contribution in [-0.2, 0) is 22.7 Å². The lowest BCUT2D eigenvalue weighted by Gasteiger charge is -2.23. The average Bonchev–Trinajstić information content (AvgIpc) is 3.12. The molecule has 1 amide bonds. The number of benzene rings is 1. The van der Waals surface area contributed by atoms with Crippen molar-refractivity contribution in [3.8, 4) is 0 Å². The molecule has 2 heterocycles. The van der Waals surface area contributed by atoms with E-state index in [1.165, 1.54) is 0 Å². The highest BCUT2D eigenvalue weighted by atomic mass is 16.4. The number of carboxylic acids is 1. The van der Waals surface area contributed by atoms with E-state index in [1.807, 2.05) is 31.2 Å². The van der Waals surface area contributed by atoms with E-state index in [0.717, 1.165) is 17.5 Å². The second-order valence-corrected chi connectivity index (χ2v) is 6.89. The van der Waals surface area contributed by atoms with Crippen LogP contribution >= 0.6 is 0 Å². The first kappa shape index (κ1) is 18.2. The molecule has 1 aromatic heterocycles. The van der Waals surface area contributed by atoms with Crippen LogP contribution in [0.3, 0.4) is 0 Å². The van der Waals surface area contributed by atoms with Crippen molar-refractivity contribution in [1.82, 2.24) is 14.0 Å². The van der Waals surface area contributed by atoms with Gasteiger partial charge in [0.25, 0.3) is 0 Å². The molecule has 0 bridgehead atoms. The molecule has 1 fully saturated rings. The third-order valence-corrected chi connectivity index (χ3v) is 5.31. The van der Waals surface area contributed by atoms with Crippen molar-refractivity contribution in [2.45, 2.75) is 52.2 Å². The monoisotopic (exact) mass is 359 g/mol. The molecule has 2 atom stereocenters. The van der Waals surface area contributed by atoms with Crippen LogP contribution in [0.15, 0.2) is 29.1 Å². The highest BCUT2D eigenvalue weighted by molar-refractivity contribution is 5.80. The molecule has 0 radical (unpaired) electrons. The molecular weight excluding hydrogens is 334 g/mol. The Labute approximate surface area is 151 Å². The van der Waals surface area contributed by atoms with Gasteiger partial charge in [0.15, 0.2) is 0 Å². The van der Waals surface area contributed by atoms with Gasteiger partial charge in [0.1, 0.15) is 0 Å². The highest BCUT2D eigenvalue weighted by Crippen LogP contribution is 2.25. The number of aryl methyl sites for hydroxylation is 2. The molecule has 2 unspecified atom stereocenters. The molecule has 0 saturated carbocycles. The molecule has 7 nitrogen and oxygen atoms in total. The van der Waals surface area contributed by atoms with E-state index < -0.39 is 11.9 Å². The maximum atomic E-state index is 12.7. The second kappa shape index (κ2) is 7.35. The summed E-state index contributed by atoms with van der Waals surface area (Å²) in [7, 11) is 0. The fourth-order valence-electron chi connectivity index (χ4n) is 3.90. The smallest absolute Gasteiger partial charge is 0.329 e. The molecule has 26 heavy (non-hydrogen) atoms. The zero-order valence-electron chi connectivity index (χ0n) is 15.2. The van der Waals surface area contributed by atoms with Gasteiger partial charge in [0.05, 0.1) is 17.0 Å². The molecule has 1 saturated heterocycles. The quantitative estimate of drug-likeness (QED) is 0.854. The summed E-state index contributed by atoms with van der Waals surface area (Å²) in [4.78, 5) is 38.2. The van der Waals surface area contributed by atoms with E-state index in [0.29, 0.717) is 26.1 Å². The number of likely N-dealkylation sites (tertiary alicyclic amines) is 1. The maximum Gasteiger partial charge on any atom is 0.329 e. The molecule has 7 heteroatoms. The van der Waals surface area contributed by atoms with Crippen LogP contribution in [0.25, 0.3) is 11.0 Å². The van der Waals surface area contributed by atoms with Gasteiger partial charge in [-0.05, 0) is 31.9 Å². The molecule has 1 aliphatic rings. The fourth-order valence-corrected chi connectivity index (χ4v) is 3.90. The Morgan fingerprint density at radius 3 is 2.31 bits per heavy atom. The van der Waals surface area contributed by atoms with Gasteiger partial charge >= 0.3 is 11.7 Å². The van der Waals surface area contributed by atoms with Crippen molar-refractivity contribution in [3.63, 3.8) is 0 Å². The predicted molar refractivity (Wildman–Crippen MR) is 98.0 cm³/mol. The number of nitrogens with zero attached hydrogens (tertiary/aromatic N) is 3. The van der Waals surface area contributed by atoms with Gasteiger partial charge < -0.3 is 10.0 Å². The number of carbonyl (C=O) groups excluding carboxylic acids is 1. The minimum Gasteiger partial charge on any atom is -0.481 e. The number of aliphatic carboxylic acids is 1. The van der Waals surface area contributed by atoms with Crippen molar-refractivity contribution in [3.05, 3.63) is 34.7 Å². The van der Waals surface area contributed by atoms with E-state index in [-0.39, 0.29) is 24.1 Å². The van der Waals surface area contributed by atoms with Gasteiger partial charge in [-0.2, -0.15) is 0 Å². The number of para-hydroxylation sites is 2. The van der Waals surface area contributed by atoms with Crippen LogP contribution < -0.4 is 5.69 Å². The predicted octanol–water partition coefficient (Wildman–Crippen LogP) is 1.92. The molecule has 0 aliphatic carbocycles. The Hall–Kier alpha value is -2.57. The Bertz CT molecular complexity index is 883. The summed E-state index contributed by atoms with van der Waals surface area (Å²) in [5.74, 6) is -1.46. The van der Waals surface area contributed by atoms with Crippen molar-refractivity contribution in [1.29, 1.82) is 0 Å². The summed E-state index contributed by atoms with van der Waals surface area (Å²) in [5, 5.41) is 9.21. The van der Waals surface area contributed by atoms with Gasteiger partial charge in [0, 0.05) is 32.1 Å². The second-order valence-electron chi connectivity index (χ2n) is 6.89. The lowest BCUT2D eigenvalue weighted by molar-refractivity contribution is -0.143. The van der Waals surface area contributed by atoms with Gasteiger partial charge in [-0.3, -0.25) is 18.7 Å². The zero-order valence-corrected chi connectivity index (χ0v) is 15.2. The molecule has 2 aromatic rings. The van der Waals surface area contributed by atoms with Crippen molar-refractivity contribution >= 4 is 22.9 Å². The Balaban J connectivity index is 1.78. The maximum absolute atomic E-state index is 12.7. The number of carboxylic acid groups (broad SMARTS) is 1. The third kappa shape index (κ3) is 3.13. The summed E-state index contributed by atoms with van der Waals surface area (Å²) < 4.78 is 3.40. The summed E-state index contributed by atoms with van der Waals surface area (Å²) in [6, 6.07) is 7.30. The van der Waals surface area contributed by atoms with Crippen LogP contribution in [0.4, 0.5) is 0 Å². The minimum absolute atomic E-state index is 0.0968.